The predicted octanol–water partition coefficient (Wildman–Crippen LogP) is 5.10. The summed E-state index contributed by atoms with van der Waals surface area (Å²) in [5.41, 5.74) is 1.81. The van der Waals surface area contributed by atoms with Gasteiger partial charge in [0, 0.05) is 11.5 Å². The molecule has 2 atom stereocenters. The lowest BCUT2D eigenvalue weighted by molar-refractivity contribution is -0.137. The molecular weight excluding hydrogens is 304 g/mol. The highest BCUT2D eigenvalue weighted by Crippen LogP contribution is 2.52. The van der Waals surface area contributed by atoms with E-state index in [0.717, 1.165) is 11.1 Å². The Bertz CT molecular complexity index is 509. The monoisotopic (exact) mass is 338 g/mol. The first kappa shape index (κ1) is 20.2. The Morgan fingerprint density at radius 1 is 1.35 bits per heavy atom. The van der Waals surface area contributed by atoms with Crippen molar-refractivity contribution in [3.8, 4) is 0 Å². The van der Waals surface area contributed by atoms with E-state index in [1.807, 2.05) is 6.92 Å². The zero-order valence-electron chi connectivity index (χ0n) is 16.4. The Labute approximate surface area is 143 Å². The van der Waals surface area contributed by atoms with Crippen LogP contribution in [0.15, 0.2) is 23.8 Å². The van der Waals surface area contributed by atoms with Gasteiger partial charge in [-0.25, -0.2) is 4.79 Å². The second-order valence-electron chi connectivity index (χ2n) is 8.68. The highest BCUT2D eigenvalue weighted by Gasteiger charge is 2.51. The van der Waals surface area contributed by atoms with Gasteiger partial charge in [-0.3, -0.25) is 0 Å². The van der Waals surface area contributed by atoms with Crippen LogP contribution in [0.5, 0.6) is 0 Å². The fourth-order valence-corrected chi connectivity index (χ4v) is 4.03. The molecule has 4 heteroatoms. The van der Waals surface area contributed by atoms with Crippen LogP contribution < -0.4 is 0 Å². The first-order valence-electron chi connectivity index (χ1n) is 8.51. The Balaban J connectivity index is 3.27. The number of carbonyl (C=O) groups excluding carboxylic acids is 1. The molecule has 0 aliphatic heterocycles. The van der Waals surface area contributed by atoms with Crippen molar-refractivity contribution < 1.29 is 14.0 Å². The molecule has 132 valence electrons. The zero-order valence-corrected chi connectivity index (χ0v) is 17.4. The first-order chi connectivity index (χ1) is 10.3. The molecule has 0 heterocycles. The van der Waals surface area contributed by atoms with E-state index in [-0.39, 0.29) is 28.4 Å². The minimum absolute atomic E-state index is 0.0923. The highest BCUT2D eigenvalue weighted by molar-refractivity contribution is 6.74. The molecule has 0 N–H and O–H groups in total. The number of esters is 1. The molecule has 1 rings (SSSR count). The summed E-state index contributed by atoms with van der Waals surface area (Å²) in [6.07, 6.45) is 1.48. The maximum absolute atomic E-state index is 12.0. The van der Waals surface area contributed by atoms with Crippen molar-refractivity contribution in [2.75, 3.05) is 6.61 Å². The number of rotatable bonds is 4. The fraction of sp³-hybridized carbons (Fsp3) is 0.737. The van der Waals surface area contributed by atoms with E-state index in [1.54, 1.807) is 6.08 Å². The molecule has 0 aromatic rings. The third kappa shape index (κ3) is 3.97. The van der Waals surface area contributed by atoms with Crippen LogP contribution in [0.1, 0.15) is 48.5 Å². The smallest absolute Gasteiger partial charge is 0.331 e. The van der Waals surface area contributed by atoms with E-state index in [9.17, 15) is 4.79 Å². The van der Waals surface area contributed by atoms with Crippen molar-refractivity contribution in [1.82, 2.24) is 0 Å². The summed E-state index contributed by atoms with van der Waals surface area (Å²) < 4.78 is 11.8. The number of carbonyl (C=O) groups is 1. The summed E-state index contributed by atoms with van der Waals surface area (Å²) in [7, 11) is -1.96. The van der Waals surface area contributed by atoms with E-state index in [0.29, 0.717) is 6.61 Å². The lowest BCUT2D eigenvalue weighted by atomic mass is 9.81. The van der Waals surface area contributed by atoms with Gasteiger partial charge in [-0.2, -0.15) is 0 Å². The van der Waals surface area contributed by atoms with Crippen molar-refractivity contribution in [1.29, 1.82) is 0 Å². The van der Waals surface area contributed by atoms with Crippen LogP contribution in [0.2, 0.25) is 18.1 Å². The Morgan fingerprint density at radius 3 is 2.30 bits per heavy atom. The molecule has 0 radical (unpaired) electrons. The van der Waals surface area contributed by atoms with Crippen LogP contribution in [-0.4, -0.2) is 27.0 Å². The maximum Gasteiger partial charge on any atom is 0.331 e. The van der Waals surface area contributed by atoms with Gasteiger partial charge in [0.25, 0.3) is 0 Å². The van der Waals surface area contributed by atoms with Crippen LogP contribution in [0.4, 0.5) is 0 Å². The predicted molar refractivity (Wildman–Crippen MR) is 98.9 cm³/mol. The van der Waals surface area contributed by atoms with Gasteiger partial charge in [0.05, 0.1) is 12.7 Å². The fourth-order valence-electron chi connectivity index (χ4n) is 2.66. The van der Waals surface area contributed by atoms with E-state index in [2.05, 4.69) is 61.2 Å². The van der Waals surface area contributed by atoms with Crippen LogP contribution in [-0.2, 0) is 14.0 Å². The van der Waals surface area contributed by atoms with E-state index < -0.39 is 8.32 Å². The van der Waals surface area contributed by atoms with Crippen molar-refractivity contribution in [3.05, 3.63) is 23.8 Å². The average molecular weight is 339 g/mol. The minimum Gasteiger partial charge on any atom is -0.463 e. The average Bonchev–Trinajstić information content (AvgIpc) is 2.52. The van der Waals surface area contributed by atoms with Crippen LogP contribution in [0.25, 0.3) is 0 Å². The van der Waals surface area contributed by atoms with Gasteiger partial charge in [-0.1, -0.05) is 48.1 Å². The van der Waals surface area contributed by atoms with Gasteiger partial charge in [0.15, 0.2) is 8.32 Å². The van der Waals surface area contributed by atoms with Crippen molar-refractivity contribution in [2.24, 2.45) is 11.3 Å². The second kappa shape index (κ2) is 6.56. The molecule has 0 spiro atoms. The first-order valence-corrected chi connectivity index (χ1v) is 11.4. The minimum atomic E-state index is -1.96. The Hall–Kier alpha value is -0.873. The Kier molecular flexibility index (Phi) is 5.75. The summed E-state index contributed by atoms with van der Waals surface area (Å²) in [4.78, 5) is 12.0. The van der Waals surface area contributed by atoms with Crippen LogP contribution in [0.3, 0.4) is 0 Å². The topological polar surface area (TPSA) is 35.5 Å². The SMILES string of the molecule is C=C1/C(=C\C(=O)OCC)C(O[Si](C)(C)C(C)(C)C)C(C)(C)C1C. The summed E-state index contributed by atoms with van der Waals surface area (Å²) in [6.45, 7) is 24.2. The number of hydrogen-bond acceptors (Lipinski definition) is 3. The lowest BCUT2D eigenvalue weighted by Crippen LogP contribution is -2.47. The molecule has 3 nitrogen and oxygen atoms in total. The zero-order chi connectivity index (χ0) is 18.2. The van der Waals surface area contributed by atoms with Crippen LogP contribution >= 0.6 is 0 Å². The summed E-state index contributed by atoms with van der Waals surface area (Å²) in [5, 5.41) is 0.116. The van der Waals surface area contributed by atoms with Gasteiger partial charge in [0.2, 0.25) is 0 Å². The highest BCUT2D eigenvalue weighted by atomic mass is 28.4. The molecule has 0 amide bonds. The van der Waals surface area contributed by atoms with Gasteiger partial charge < -0.3 is 9.16 Å². The van der Waals surface area contributed by atoms with Crippen molar-refractivity contribution in [2.45, 2.75) is 72.7 Å². The molecule has 23 heavy (non-hydrogen) atoms. The van der Waals surface area contributed by atoms with E-state index >= 15 is 0 Å². The van der Waals surface area contributed by atoms with Gasteiger partial charge >= 0.3 is 5.97 Å². The third-order valence-corrected chi connectivity index (χ3v) is 10.2. The van der Waals surface area contributed by atoms with E-state index in [4.69, 9.17) is 9.16 Å². The molecule has 1 fully saturated rings. The molecule has 1 saturated carbocycles. The molecule has 1 aliphatic carbocycles. The normalized spacial score (nSPS) is 26.7. The maximum atomic E-state index is 12.0. The second-order valence-corrected chi connectivity index (χ2v) is 13.4. The molecule has 2 unspecified atom stereocenters. The van der Waals surface area contributed by atoms with E-state index in [1.165, 1.54) is 0 Å². The van der Waals surface area contributed by atoms with Crippen LogP contribution in [0, 0.1) is 11.3 Å². The largest absolute Gasteiger partial charge is 0.463 e. The van der Waals surface area contributed by atoms with Gasteiger partial charge in [-0.05, 0) is 42.1 Å². The number of hydrogen-bond donors (Lipinski definition) is 0. The lowest BCUT2D eigenvalue weighted by Gasteiger charge is -2.42. The number of ether oxygens (including phenoxy) is 1. The summed E-state index contributed by atoms with van der Waals surface area (Å²) in [6, 6.07) is 0. The molecule has 0 saturated heterocycles. The molecule has 0 aromatic carbocycles. The van der Waals surface area contributed by atoms with Gasteiger partial charge in [-0.15, -0.1) is 0 Å². The molecule has 0 bridgehead atoms. The summed E-state index contributed by atoms with van der Waals surface area (Å²) >= 11 is 0. The Morgan fingerprint density at radius 2 is 1.87 bits per heavy atom. The molecule has 0 aromatic heterocycles. The molecular formula is C19H34O3Si. The summed E-state index contributed by atoms with van der Waals surface area (Å²) in [5.74, 6) is -0.0460. The quantitative estimate of drug-likeness (QED) is 0.406. The molecule has 1 aliphatic rings. The van der Waals surface area contributed by atoms with Gasteiger partial charge in [0.1, 0.15) is 0 Å². The third-order valence-electron chi connectivity index (χ3n) is 5.75. The van der Waals surface area contributed by atoms with Crippen molar-refractivity contribution >= 4 is 14.3 Å². The van der Waals surface area contributed by atoms with Crippen molar-refractivity contribution in [3.63, 3.8) is 0 Å². The standard InChI is InChI=1S/C19H34O3Si/c1-11-21-16(20)12-15-13(2)14(3)19(7,8)17(15)22-23(9,10)18(4,5)6/h12,14,17H,2,11H2,1,3-10H3/b15-12+.